The van der Waals surface area contributed by atoms with E-state index in [9.17, 15) is 19.5 Å². The van der Waals surface area contributed by atoms with Gasteiger partial charge in [-0.3, -0.25) is 9.59 Å². The van der Waals surface area contributed by atoms with Crippen LogP contribution in [0, 0.1) is 12.3 Å². The van der Waals surface area contributed by atoms with Crippen molar-refractivity contribution in [2.75, 3.05) is 48.0 Å². The molecule has 3 aliphatic heterocycles. The van der Waals surface area contributed by atoms with Crippen molar-refractivity contribution in [2.45, 2.75) is 26.2 Å². The van der Waals surface area contributed by atoms with Crippen LogP contribution in [0.4, 0.5) is 17.2 Å². The number of carbonyl (C=O) groups excluding carboxylic acids is 2. The molecule has 0 saturated carbocycles. The van der Waals surface area contributed by atoms with Crippen molar-refractivity contribution in [1.82, 2.24) is 4.98 Å². The molecular formula is C32H30N4O5S2. The molecule has 6 heterocycles. The Morgan fingerprint density at radius 3 is 2.56 bits per heavy atom. The number of carbonyl (C=O) groups is 3. The molecule has 9 nitrogen and oxygen atoms in total. The van der Waals surface area contributed by atoms with Crippen molar-refractivity contribution >= 4 is 57.6 Å². The first-order valence-corrected chi connectivity index (χ1v) is 16.0. The summed E-state index contributed by atoms with van der Waals surface area (Å²) >= 11 is 2.76. The zero-order valence-electron chi connectivity index (χ0n) is 23.6. The van der Waals surface area contributed by atoms with Gasteiger partial charge in [-0.2, -0.15) is 0 Å². The van der Waals surface area contributed by atoms with E-state index in [1.165, 1.54) is 22.7 Å². The molecule has 2 fully saturated rings. The zero-order chi connectivity index (χ0) is 29.7. The van der Waals surface area contributed by atoms with E-state index in [1.807, 2.05) is 24.4 Å². The topological polar surface area (TPSA) is 112 Å². The van der Waals surface area contributed by atoms with Crippen molar-refractivity contribution in [3.63, 3.8) is 0 Å². The average Bonchev–Trinajstić information content (AvgIpc) is 3.62. The summed E-state index contributed by atoms with van der Waals surface area (Å²) < 4.78 is 5.54. The van der Waals surface area contributed by atoms with Gasteiger partial charge in [-0.1, -0.05) is 0 Å². The fourth-order valence-electron chi connectivity index (χ4n) is 6.23. The average molecular weight is 615 g/mol. The highest BCUT2D eigenvalue weighted by Gasteiger charge is 2.45. The third kappa shape index (κ3) is 5.11. The number of pyridine rings is 1. The van der Waals surface area contributed by atoms with Crippen molar-refractivity contribution in [3.05, 3.63) is 81.2 Å². The van der Waals surface area contributed by atoms with Crippen LogP contribution < -0.4 is 15.1 Å². The number of carboxylic acids is 1. The van der Waals surface area contributed by atoms with Gasteiger partial charge >= 0.3 is 5.97 Å². The Kier molecular flexibility index (Phi) is 7.03. The number of thiophene rings is 2. The molecule has 1 aromatic carbocycles. The lowest BCUT2D eigenvalue weighted by Crippen LogP contribution is -2.59. The van der Waals surface area contributed by atoms with Crippen molar-refractivity contribution < 1.29 is 24.2 Å². The number of aryl methyl sites for hydroxylation is 1. The van der Waals surface area contributed by atoms with Gasteiger partial charge in [0.05, 0.1) is 21.0 Å². The summed E-state index contributed by atoms with van der Waals surface area (Å²) in [5.74, 6) is -0.615. The second-order valence-corrected chi connectivity index (χ2v) is 13.5. The van der Waals surface area contributed by atoms with E-state index in [0.29, 0.717) is 40.5 Å². The zero-order valence-corrected chi connectivity index (χ0v) is 25.2. The van der Waals surface area contributed by atoms with Crippen LogP contribution in [0.15, 0.2) is 54.0 Å². The minimum absolute atomic E-state index is 0.142. The molecule has 0 bridgehead atoms. The molecule has 0 radical (unpaired) electrons. The highest BCUT2D eigenvalue weighted by atomic mass is 32.1. The molecule has 0 aliphatic carbocycles. The highest BCUT2D eigenvalue weighted by molar-refractivity contribution is 7.23. The van der Waals surface area contributed by atoms with Crippen LogP contribution in [0.5, 0.6) is 0 Å². The summed E-state index contributed by atoms with van der Waals surface area (Å²) in [6, 6.07) is 12.5. The Balaban J connectivity index is 1.06. The Labute approximate surface area is 256 Å². The summed E-state index contributed by atoms with van der Waals surface area (Å²) in [5, 5.41) is 14.4. The molecule has 3 aromatic heterocycles. The number of fused-ring (bicyclic) bond motifs is 3. The number of rotatable bonds is 5. The fourth-order valence-corrected chi connectivity index (χ4v) is 8.36. The molecule has 2 amide bonds. The minimum atomic E-state index is -0.935. The number of amides is 2. The van der Waals surface area contributed by atoms with Gasteiger partial charge in [0.1, 0.15) is 10.7 Å². The molecule has 0 unspecified atom stereocenters. The molecule has 2 saturated heterocycles. The maximum absolute atomic E-state index is 13.7. The summed E-state index contributed by atoms with van der Waals surface area (Å²) in [4.78, 5) is 49.4. The number of ether oxygens (including phenoxy) is 1. The largest absolute Gasteiger partial charge is 0.477 e. The molecule has 220 valence electrons. The smallest absolute Gasteiger partial charge is 0.345 e. The lowest BCUT2D eigenvalue weighted by molar-refractivity contribution is -0.000511. The molecule has 3 aliphatic rings. The number of aromatic nitrogens is 1. The lowest BCUT2D eigenvalue weighted by Gasteiger charge is -2.53. The number of benzene rings is 1. The van der Waals surface area contributed by atoms with Crippen LogP contribution in [0.2, 0.25) is 0 Å². The van der Waals surface area contributed by atoms with E-state index in [0.717, 1.165) is 65.7 Å². The van der Waals surface area contributed by atoms with Crippen molar-refractivity contribution in [1.29, 1.82) is 0 Å². The SMILES string of the molecule is Cc1cnc(N2CC3(CCOCC3)C2)c(C(=O)Nc2ccc(C(=O)N3CCc4cc(C(=O)O)sc4-c4sccc43)cc2)c1. The number of hydrogen-bond acceptors (Lipinski definition) is 8. The maximum Gasteiger partial charge on any atom is 0.345 e. The van der Waals surface area contributed by atoms with Crippen LogP contribution >= 0.6 is 22.7 Å². The number of nitrogens with one attached hydrogen (secondary N) is 1. The molecule has 11 heteroatoms. The first-order chi connectivity index (χ1) is 20.8. The van der Waals surface area contributed by atoms with Crippen molar-refractivity contribution in [2.24, 2.45) is 5.41 Å². The molecule has 2 N–H and O–H groups in total. The molecule has 4 aromatic rings. The molecule has 1 spiro atoms. The van der Waals surface area contributed by atoms with Gasteiger partial charge in [-0.05, 0) is 85.2 Å². The van der Waals surface area contributed by atoms with Gasteiger partial charge in [0.25, 0.3) is 11.8 Å². The molecular weight excluding hydrogens is 585 g/mol. The van der Waals surface area contributed by atoms with Crippen LogP contribution in [-0.2, 0) is 11.2 Å². The van der Waals surface area contributed by atoms with E-state index < -0.39 is 5.97 Å². The Hall–Kier alpha value is -4.06. The van der Waals surface area contributed by atoms with Crippen molar-refractivity contribution in [3.8, 4) is 9.75 Å². The second kappa shape index (κ2) is 10.9. The van der Waals surface area contributed by atoms with Gasteiger partial charge in [0.2, 0.25) is 0 Å². The second-order valence-electron chi connectivity index (χ2n) is 11.5. The van der Waals surface area contributed by atoms with Gasteiger partial charge in [0.15, 0.2) is 0 Å². The van der Waals surface area contributed by atoms with E-state index in [2.05, 4.69) is 15.2 Å². The number of nitrogens with zero attached hydrogens (tertiary/aromatic N) is 3. The Bertz CT molecular complexity index is 1730. The first-order valence-electron chi connectivity index (χ1n) is 14.3. The van der Waals surface area contributed by atoms with E-state index in [1.54, 1.807) is 41.4 Å². The summed E-state index contributed by atoms with van der Waals surface area (Å²) in [5.41, 5.74) is 4.54. The van der Waals surface area contributed by atoms with E-state index >= 15 is 0 Å². The maximum atomic E-state index is 13.7. The van der Waals surface area contributed by atoms with E-state index in [4.69, 9.17) is 4.74 Å². The summed E-state index contributed by atoms with van der Waals surface area (Å²) in [6.07, 6.45) is 4.44. The van der Waals surface area contributed by atoms with Gasteiger partial charge in [-0.15, -0.1) is 22.7 Å². The summed E-state index contributed by atoms with van der Waals surface area (Å²) in [7, 11) is 0. The minimum Gasteiger partial charge on any atom is -0.477 e. The monoisotopic (exact) mass is 614 g/mol. The normalized spacial score (nSPS) is 17.0. The molecule has 43 heavy (non-hydrogen) atoms. The summed E-state index contributed by atoms with van der Waals surface area (Å²) in [6.45, 7) is 5.69. The first kappa shape index (κ1) is 27.8. The predicted molar refractivity (Wildman–Crippen MR) is 168 cm³/mol. The Morgan fingerprint density at radius 2 is 1.81 bits per heavy atom. The molecule has 0 atom stereocenters. The third-order valence-corrected chi connectivity index (χ3v) is 10.8. The third-order valence-electron chi connectivity index (χ3n) is 8.55. The lowest BCUT2D eigenvalue weighted by atomic mass is 9.73. The van der Waals surface area contributed by atoms with Gasteiger partial charge < -0.3 is 25.0 Å². The number of hydrogen-bond donors (Lipinski definition) is 2. The number of carboxylic acid groups (broad SMARTS) is 1. The quantitative estimate of drug-likeness (QED) is 0.286. The van der Waals surface area contributed by atoms with Crippen LogP contribution in [-0.4, -0.2) is 60.7 Å². The number of aromatic carboxylic acids is 1. The Morgan fingerprint density at radius 1 is 1.05 bits per heavy atom. The fraction of sp³-hybridized carbons (Fsp3) is 0.312. The van der Waals surface area contributed by atoms with Gasteiger partial charge in [-0.25, -0.2) is 9.78 Å². The molecule has 7 rings (SSSR count). The van der Waals surface area contributed by atoms with Crippen LogP contribution in [0.3, 0.4) is 0 Å². The standard InChI is InChI=1S/C32H30N4O5S2/c1-19-14-23(28(33-16-19)35-17-32(18-35)8-11-41-12-9-32)29(37)34-22-4-2-20(3-5-22)30(38)36-10-6-21-15-25(31(39)40)43-26(21)27-24(36)7-13-42-27/h2-5,7,13-16H,6,8-12,17-18H2,1H3,(H,34,37)(H,39,40). The van der Waals surface area contributed by atoms with Gasteiger partial charge in [0, 0.05) is 55.7 Å². The highest BCUT2D eigenvalue weighted by Crippen LogP contribution is 2.45. The van der Waals surface area contributed by atoms with Crippen LogP contribution in [0.25, 0.3) is 9.75 Å². The number of anilines is 3. The van der Waals surface area contributed by atoms with E-state index in [-0.39, 0.29) is 17.2 Å². The van der Waals surface area contributed by atoms with Crippen LogP contribution in [0.1, 0.15) is 54.4 Å². The predicted octanol–water partition coefficient (Wildman–Crippen LogP) is 5.95.